The summed E-state index contributed by atoms with van der Waals surface area (Å²) < 4.78 is 5.80. The van der Waals surface area contributed by atoms with Crippen molar-refractivity contribution < 1.29 is 4.74 Å². The minimum absolute atomic E-state index is 0.462. The Morgan fingerprint density at radius 1 is 1.05 bits per heavy atom. The molecule has 98 valence electrons. The van der Waals surface area contributed by atoms with Crippen molar-refractivity contribution in [1.29, 1.82) is 0 Å². The van der Waals surface area contributed by atoms with Crippen LogP contribution in [-0.4, -0.2) is 4.98 Å². The maximum atomic E-state index is 5.80. The fraction of sp³-hybridized carbons (Fsp3) is 0.312. The molecule has 2 N–H and O–H groups in total. The van der Waals surface area contributed by atoms with Crippen molar-refractivity contribution in [1.82, 2.24) is 4.98 Å². The molecule has 1 aliphatic rings. The summed E-state index contributed by atoms with van der Waals surface area (Å²) in [5.74, 6) is 0.921. The van der Waals surface area contributed by atoms with Crippen molar-refractivity contribution in [2.45, 2.75) is 32.3 Å². The minimum atomic E-state index is 0.462. The van der Waals surface area contributed by atoms with Crippen LogP contribution in [0.4, 0.5) is 5.69 Å². The molecule has 0 unspecified atom stereocenters. The van der Waals surface area contributed by atoms with Crippen molar-refractivity contribution >= 4 is 5.69 Å². The highest BCUT2D eigenvalue weighted by Gasteiger charge is 2.09. The standard InChI is InChI=1S/C16H18N2O/c17-14-7-8-18-15(10-14)11-19-16-6-5-12-3-1-2-4-13(12)9-16/h5-10H,1-4,11H2,(H2,17,18). The molecule has 0 radical (unpaired) electrons. The molecule has 1 aromatic carbocycles. The van der Waals surface area contributed by atoms with E-state index in [0.717, 1.165) is 17.1 Å². The number of fused-ring (bicyclic) bond motifs is 1. The first-order valence-corrected chi connectivity index (χ1v) is 6.76. The van der Waals surface area contributed by atoms with Crippen LogP contribution in [0.2, 0.25) is 0 Å². The first-order chi connectivity index (χ1) is 9.31. The van der Waals surface area contributed by atoms with Crippen LogP contribution in [0.5, 0.6) is 5.75 Å². The lowest BCUT2D eigenvalue weighted by atomic mass is 9.92. The molecule has 1 heterocycles. The van der Waals surface area contributed by atoms with Crippen LogP contribution in [0.3, 0.4) is 0 Å². The molecule has 3 heteroatoms. The highest BCUT2D eigenvalue weighted by Crippen LogP contribution is 2.25. The molecule has 19 heavy (non-hydrogen) atoms. The summed E-state index contributed by atoms with van der Waals surface area (Å²) in [7, 11) is 0. The maximum absolute atomic E-state index is 5.80. The van der Waals surface area contributed by atoms with E-state index in [4.69, 9.17) is 10.5 Å². The lowest BCUT2D eigenvalue weighted by molar-refractivity contribution is 0.301. The number of nitrogens with two attached hydrogens (primary N) is 1. The molecule has 0 aliphatic heterocycles. The maximum Gasteiger partial charge on any atom is 0.130 e. The van der Waals surface area contributed by atoms with Gasteiger partial charge in [0.15, 0.2) is 0 Å². The first kappa shape index (κ1) is 12.0. The van der Waals surface area contributed by atoms with Gasteiger partial charge in [-0.15, -0.1) is 0 Å². The summed E-state index contributed by atoms with van der Waals surface area (Å²) in [6.07, 6.45) is 6.67. The third kappa shape index (κ3) is 2.87. The quantitative estimate of drug-likeness (QED) is 0.915. The van der Waals surface area contributed by atoms with Gasteiger partial charge in [0.1, 0.15) is 12.4 Å². The van der Waals surface area contributed by atoms with Crippen LogP contribution < -0.4 is 10.5 Å². The highest BCUT2D eigenvalue weighted by molar-refractivity contribution is 5.38. The van der Waals surface area contributed by atoms with Gasteiger partial charge in [0.2, 0.25) is 0 Å². The third-order valence-electron chi connectivity index (χ3n) is 3.55. The van der Waals surface area contributed by atoms with Gasteiger partial charge in [0.05, 0.1) is 5.69 Å². The number of ether oxygens (including phenoxy) is 1. The number of hydrogen-bond acceptors (Lipinski definition) is 3. The average molecular weight is 254 g/mol. The normalized spacial score (nSPS) is 13.9. The SMILES string of the molecule is Nc1ccnc(COc2ccc3c(c2)CCCC3)c1. The Labute approximate surface area is 113 Å². The molecule has 0 fully saturated rings. The molecular formula is C16H18N2O. The monoisotopic (exact) mass is 254 g/mol. The van der Waals surface area contributed by atoms with Crippen LogP contribution in [0.1, 0.15) is 29.7 Å². The molecule has 0 saturated carbocycles. The average Bonchev–Trinajstić information content (AvgIpc) is 2.45. The second kappa shape index (κ2) is 5.31. The molecule has 3 nitrogen and oxygen atoms in total. The van der Waals surface area contributed by atoms with Crippen molar-refractivity contribution in [3.8, 4) is 5.75 Å². The molecule has 1 aliphatic carbocycles. The van der Waals surface area contributed by atoms with Crippen molar-refractivity contribution in [2.75, 3.05) is 5.73 Å². The topological polar surface area (TPSA) is 48.1 Å². The number of nitrogen functional groups attached to an aromatic ring is 1. The van der Waals surface area contributed by atoms with E-state index in [2.05, 4.69) is 23.2 Å². The van der Waals surface area contributed by atoms with E-state index in [1.807, 2.05) is 6.07 Å². The number of hydrogen-bond donors (Lipinski definition) is 1. The molecule has 1 aromatic heterocycles. The summed E-state index contributed by atoms with van der Waals surface area (Å²) in [6.45, 7) is 0.462. The summed E-state index contributed by atoms with van der Waals surface area (Å²) >= 11 is 0. The first-order valence-electron chi connectivity index (χ1n) is 6.76. The van der Waals surface area contributed by atoms with Gasteiger partial charge in [-0.05, 0) is 61.1 Å². The second-order valence-corrected chi connectivity index (χ2v) is 5.01. The smallest absolute Gasteiger partial charge is 0.130 e. The van der Waals surface area contributed by atoms with Gasteiger partial charge in [-0.1, -0.05) is 6.07 Å². The fourth-order valence-corrected chi connectivity index (χ4v) is 2.53. The van der Waals surface area contributed by atoms with Gasteiger partial charge in [-0.25, -0.2) is 0 Å². The minimum Gasteiger partial charge on any atom is -0.487 e. The Kier molecular flexibility index (Phi) is 3.36. The van der Waals surface area contributed by atoms with Gasteiger partial charge < -0.3 is 10.5 Å². The third-order valence-corrected chi connectivity index (χ3v) is 3.55. The summed E-state index contributed by atoms with van der Waals surface area (Å²) in [5, 5.41) is 0. The molecule has 2 aromatic rings. The van der Waals surface area contributed by atoms with E-state index in [1.165, 1.54) is 36.8 Å². The predicted octanol–water partition coefficient (Wildman–Crippen LogP) is 3.12. The number of aromatic nitrogens is 1. The summed E-state index contributed by atoms with van der Waals surface area (Å²) in [5.41, 5.74) is 10.2. The molecule has 0 bridgehead atoms. The number of aryl methyl sites for hydroxylation is 2. The van der Waals surface area contributed by atoms with E-state index in [9.17, 15) is 0 Å². The second-order valence-electron chi connectivity index (χ2n) is 5.01. The van der Waals surface area contributed by atoms with E-state index >= 15 is 0 Å². The Hall–Kier alpha value is -2.03. The Bertz CT molecular complexity index is 581. The van der Waals surface area contributed by atoms with Gasteiger partial charge in [0, 0.05) is 11.9 Å². The van der Waals surface area contributed by atoms with E-state index < -0.39 is 0 Å². The number of rotatable bonds is 3. The van der Waals surface area contributed by atoms with Crippen LogP contribution in [0.15, 0.2) is 36.5 Å². The highest BCUT2D eigenvalue weighted by atomic mass is 16.5. The molecule has 0 saturated heterocycles. The molecule has 0 spiro atoms. The summed E-state index contributed by atoms with van der Waals surface area (Å²) in [4.78, 5) is 4.24. The predicted molar refractivity (Wildman–Crippen MR) is 76.1 cm³/mol. The fourth-order valence-electron chi connectivity index (χ4n) is 2.53. The molecular weight excluding hydrogens is 236 g/mol. The van der Waals surface area contributed by atoms with E-state index in [-0.39, 0.29) is 0 Å². The Balaban J connectivity index is 1.70. The zero-order valence-corrected chi connectivity index (χ0v) is 10.9. The molecule has 3 rings (SSSR count). The zero-order chi connectivity index (χ0) is 13.1. The number of anilines is 1. The van der Waals surface area contributed by atoms with Gasteiger partial charge >= 0.3 is 0 Å². The van der Waals surface area contributed by atoms with Crippen molar-refractivity contribution in [2.24, 2.45) is 0 Å². The lowest BCUT2D eigenvalue weighted by Gasteiger charge is -2.16. The van der Waals surface area contributed by atoms with Crippen molar-refractivity contribution in [3.63, 3.8) is 0 Å². The van der Waals surface area contributed by atoms with Crippen LogP contribution in [0.25, 0.3) is 0 Å². The van der Waals surface area contributed by atoms with Gasteiger partial charge in [-0.3, -0.25) is 4.98 Å². The van der Waals surface area contributed by atoms with E-state index in [1.54, 1.807) is 12.3 Å². The summed E-state index contributed by atoms with van der Waals surface area (Å²) in [6, 6.07) is 10.0. The number of pyridine rings is 1. The van der Waals surface area contributed by atoms with Crippen molar-refractivity contribution in [3.05, 3.63) is 53.3 Å². The largest absolute Gasteiger partial charge is 0.487 e. The van der Waals surface area contributed by atoms with Crippen LogP contribution >= 0.6 is 0 Å². The molecule has 0 amide bonds. The van der Waals surface area contributed by atoms with Gasteiger partial charge in [0.25, 0.3) is 0 Å². The Morgan fingerprint density at radius 3 is 2.74 bits per heavy atom. The number of nitrogens with zero attached hydrogens (tertiary/aromatic N) is 1. The van der Waals surface area contributed by atoms with Crippen LogP contribution in [0, 0.1) is 0 Å². The molecule has 0 atom stereocenters. The zero-order valence-electron chi connectivity index (χ0n) is 10.9. The lowest BCUT2D eigenvalue weighted by Crippen LogP contribution is -2.04. The van der Waals surface area contributed by atoms with Crippen LogP contribution in [-0.2, 0) is 19.4 Å². The Morgan fingerprint density at radius 2 is 1.89 bits per heavy atom. The number of benzene rings is 1. The van der Waals surface area contributed by atoms with Gasteiger partial charge in [-0.2, -0.15) is 0 Å². The van der Waals surface area contributed by atoms with E-state index in [0.29, 0.717) is 6.61 Å².